The second-order valence-corrected chi connectivity index (χ2v) is 6.93. The van der Waals surface area contributed by atoms with Crippen LogP contribution >= 0.6 is 34.8 Å². The highest BCUT2D eigenvalue weighted by Crippen LogP contribution is 2.32. The predicted molar refractivity (Wildman–Crippen MR) is 116 cm³/mol. The number of aromatic nitrogens is 2. The minimum atomic E-state index is -0.363. The molecule has 2 N–H and O–H groups in total. The third-order valence-corrected chi connectivity index (χ3v) is 4.79. The summed E-state index contributed by atoms with van der Waals surface area (Å²) in [5, 5.41) is 7.09. The van der Waals surface area contributed by atoms with Crippen molar-refractivity contribution in [1.82, 2.24) is 9.97 Å². The first-order valence-electron chi connectivity index (χ1n) is 8.34. The second kappa shape index (κ2) is 9.60. The number of nitrogens with zero attached hydrogens (tertiary/aromatic N) is 2. The summed E-state index contributed by atoms with van der Waals surface area (Å²) in [6.07, 6.45) is 4.16. The number of benzene rings is 2. The zero-order valence-corrected chi connectivity index (χ0v) is 17.2. The second-order valence-electron chi connectivity index (χ2n) is 5.71. The molecule has 0 bridgehead atoms. The maximum atomic E-state index is 11.6. The van der Waals surface area contributed by atoms with E-state index in [0.29, 0.717) is 37.8 Å². The highest BCUT2D eigenvalue weighted by molar-refractivity contribution is 6.36. The van der Waals surface area contributed by atoms with E-state index in [9.17, 15) is 4.79 Å². The maximum Gasteiger partial charge on any atom is 0.247 e. The Balaban J connectivity index is 1.71. The first-order chi connectivity index (χ1) is 14.0. The van der Waals surface area contributed by atoms with Gasteiger partial charge in [-0.1, -0.05) is 53.5 Å². The van der Waals surface area contributed by atoms with Crippen molar-refractivity contribution in [1.29, 1.82) is 0 Å². The van der Waals surface area contributed by atoms with E-state index in [1.165, 1.54) is 18.5 Å². The Hall–Kier alpha value is -2.80. The number of carbonyl (C=O) groups excluding carboxylic acids is 1. The van der Waals surface area contributed by atoms with Crippen LogP contribution in [-0.4, -0.2) is 15.9 Å². The van der Waals surface area contributed by atoms with Gasteiger partial charge in [0.2, 0.25) is 11.9 Å². The van der Waals surface area contributed by atoms with Crippen LogP contribution in [0.3, 0.4) is 0 Å². The van der Waals surface area contributed by atoms with Gasteiger partial charge in [0.05, 0.1) is 28.8 Å². The molecule has 9 heteroatoms. The molecular weight excluding hydrogens is 435 g/mol. The van der Waals surface area contributed by atoms with Crippen LogP contribution in [0.15, 0.2) is 61.4 Å². The Morgan fingerprint density at radius 3 is 2.31 bits per heavy atom. The quantitative estimate of drug-likeness (QED) is 0.440. The lowest BCUT2D eigenvalue weighted by Crippen LogP contribution is -2.10. The van der Waals surface area contributed by atoms with E-state index >= 15 is 0 Å². The van der Waals surface area contributed by atoms with Gasteiger partial charge in [-0.3, -0.25) is 4.79 Å². The molecule has 0 saturated carbocycles. The Kier molecular flexibility index (Phi) is 6.93. The molecule has 29 heavy (non-hydrogen) atoms. The molecule has 0 unspecified atom stereocenters. The normalized spacial score (nSPS) is 10.3. The van der Waals surface area contributed by atoms with Crippen molar-refractivity contribution in [3.63, 3.8) is 0 Å². The number of ether oxygens (including phenoxy) is 1. The summed E-state index contributed by atoms with van der Waals surface area (Å²) >= 11 is 18.5. The zero-order chi connectivity index (χ0) is 20.8. The molecule has 0 fully saturated rings. The lowest BCUT2D eigenvalue weighted by atomic mass is 10.2. The molecule has 0 aliphatic heterocycles. The Morgan fingerprint density at radius 1 is 1.03 bits per heavy atom. The van der Waals surface area contributed by atoms with Crippen molar-refractivity contribution in [3.8, 4) is 5.75 Å². The molecule has 3 rings (SSSR count). The Morgan fingerprint density at radius 2 is 1.66 bits per heavy atom. The summed E-state index contributed by atoms with van der Waals surface area (Å²) in [5.74, 6) is 0.347. The van der Waals surface area contributed by atoms with Crippen LogP contribution in [0, 0.1) is 0 Å². The van der Waals surface area contributed by atoms with Crippen molar-refractivity contribution >= 4 is 58.0 Å². The van der Waals surface area contributed by atoms with Gasteiger partial charge in [-0.2, -0.15) is 0 Å². The van der Waals surface area contributed by atoms with E-state index in [1.807, 2.05) is 0 Å². The average molecular weight is 450 g/mol. The lowest BCUT2D eigenvalue weighted by molar-refractivity contribution is -0.111. The van der Waals surface area contributed by atoms with Gasteiger partial charge < -0.3 is 15.4 Å². The Bertz CT molecular complexity index is 1020. The maximum absolute atomic E-state index is 11.6. The molecule has 0 saturated heterocycles. The number of halogens is 3. The van der Waals surface area contributed by atoms with Crippen LogP contribution in [0.5, 0.6) is 5.75 Å². The van der Waals surface area contributed by atoms with Crippen LogP contribution < -0.4 is 15.4 Å². The van der Waals surface area contributed by atoms with Gasteiger partial charge in [0.15, 0.2) is 5.75 Å². The van der Waals surface area contributed by atoms with Crippen molar-refractivity contribution in [2.75, 3.05) is 10.6 Å². The first kappa shape index (κ1) is 20.9. The fourth-order valence-corrected chi connectivity index (χ4v) is 3.06. The van der Waals surface area contributed by atoms with Gasteiger partial charge in [0.25, 0.3) is 0 Å². The minimum Gasteiger partial charge on any atom is -0.486 e. The summed E-state index contributed by atoms with van der Waals surface area (Å²) < 4.78 is 5.66. The molecule has 6 nitrogen and oxygen atoms in total. The smallest absolute Gasteiger partial charge is 0.247 e. The topological polar surface area (TPSA) is 76.1 Å². The largest absolute Gasteiger partial charge is 0.486 e. The van der Waals surface area contributed by atoms with E-state index in [0.717, 1.165) is 0 Å². The van der Waals surface area contributed by atoms with Gasteiger partial charge in [0, 0.05) is 15.6 Å². The number of para-hydroxylation sites is 1. The van der Waals surface area contributed by atoms with Gasteiger partial charge in [0.1, 0.15) is 6.61 Å². The SMILES string of the molecule is C=CC(=O)Nc1cccc(Cl)c1Nc1ncc(OCc2c(Cl)cccc2Cl)cn1. The standard InChI is InChI=1S/C20H15Cl3N4O2/c1-2-18(28)26-17-8-4-7-16(23)19(17)27-20-24-9-12(10-25-20)29-11-13-14(21)5-3-6-15(13)22/h2-10H,1,11H2,(H,26,28)(H,24,25,27). The van der Waals surface area contributed by atoms with Crippen LogP contribution in [0.4, 0.5) is 17.3 Å². The monoisotopic (exact) mass is 448 g/mol. The highest BCUT2D eigenvalue weighted by atomic mass is 35.5. The molecule has 0 spiro atoms. The number of amides is 1. The van der Waals surface area contributed by atoms with Crippen molar-refractivity contribution in [2.45, 2.75) is 6.61 Å². The van der Waals surface area contributed by atoms with Gasteiger partial charge in [-0.05, 0) is 30.3 Å². The van der Waals surface area contributed by atoms with Crippen LogP contribution in [0.25, 0.3) is 0 Å². The van der Waals surface area contributed by atoms with Gasteiger partial charge in [-0.15, -0.1) is 0 Å². The van der Waals surface area contributed by atoms with E-state index in [1.54, 1.807) is 36.4 Å². The van der Waals surface area contributed by atoms with E-state index in [4.69, 9.17) is 39.5 Å². The summed E-state index contributed by atoms with van der Waals surface area (Å²) in [4.78, 5) is 20.0. The Labute approximate surface area is 182 Å². The van der Waals surface area contributed by atoms with E-state index < -0.39 is 0 Å². The molecule has 2 aromatic carbocycles. The lowest BCUT2D eigenvalue weighted by Gasteiger charge is -2.13. The van der Waals surface area contributed by atoms with E-state index in [-0.39, 0.29) is 18.5 Å². The third kappa shape index (κ3) is 5.38. The molecule has 1 amide bonds. The fraction of sp³-hybridized carbons (Fsp3) is 0.0500. The molecule has 148 valence electrons. The van der Waals surface area contributed by atoms with Crippen molar-refractivity contribution in [2.24, 2.45) is 0 Å². The van der Waals surface area contributed by atoms with E-state index in [2.05, 4.69) is 27.2 Å². The number of nitrogens with one attached hydrogen (secondary N) is 2. The van der Waals surface area contributed by atoms with Crippen LogP contribution in [-0.2, 0) is 11.4 Å². The molecule has 1 aromatic heterocycles. The highest BCUT2D eigenvalue weighted by Gasteiger charge is 2.11. The number of anilines is 3. The summed E-state index contributed by atoms with van der Waals surface area (Å²) in [5.41, 5.74) is 1.61. The zero-order valence-electron chi connectivity index (χ0n) is 15.0. The number of hydrogen-bond donors (Lipinski definition) is 2. The number of hydrogen-bond acceptors (Lipinski definition) is 5. The number of rotatable bonds is 7. The predicted octanol–water partition coefficient (Wildman–Crippen LogP) is 5.88. The average Bonchev–Trinajstić information content (AvgIpc) is 2.71. The third-order valence-electron chi connectivity index (χ3n) is 3.77. The number of carbonyl (C=O) groups is 1. The molecule has 0 aliphatic rings. The summed E-state index contributed by atoms with van der Waals surface area (Å²) in [6.45, 7) is 3.61. The van der Waals surface area contributed by atoms with Crippen LogP contribution in [0.1, 0.15) is 5.56 Å². The van der Waals surface area contributed by atoms with Gasteiger partial charge in [-0.25, -0.2) is 9.97 Å². The molecule has 0 radical (unpaired) electrons. The molecule has 3 aromatic rings. The minimum absolute atomic E-state index is 0.177. The van der Waals surface area contributed by atoms with Gasteiger partial charge >= 0.3 is 0 Å². The van der Waals surface area contributed by atoms with Crippen molar-refractivity contribution < 1.29 is 9.53 Å². The first-order valence-corrected chi connectivity index (χ1v) is 9.48. The van der Waals surface area contributed by atoms with Crippen molar-refractivity contribution in [3.05, 3.63) is 82.1 Å². The molecule has 0 aliphatic carbocycles. The summed E-state index contributed by atoms with van der Waals surface area (Å²) in [7, 11) is 0. The molecular formula is C20H15Cl3N4O2. The van der Waals surface area contributed by atoms with Crippen LogP contribution in [0.2, 0.25) is 15.1 Å². The molecule has 1 heterocycles. The molecule has 0 atom stereocenters. The fourth-order valence-electron chi connectivity index (χ4n) is 2.33. The summed E-state index contributed by atoms with van der Waals surface area (Å²) in [6, 6.07) is 10.3.